The fraction of sp³-hybridized carbons (Fsp3) is 0.448. The Bertz CT molecular complexity index is 1230. The number of rotatable bonds is 9. The lowest BCUT2D eigenvalue weighted by molar-refractivity contribution is 0.0807. The number of nitrogens with one attached hydrogen (secondary N) is 3. The number of urea groups is 1. The van der Waals surface area contributed by atoms with Gasteiger partial charge in [0.1, 0.15) is 12.4 Å². The minimum absolute atomic E-state index is 0.0444. The summed E-state index contributed by atoms with van der Waals surface area (Å²) in [6, 6.07) is 16.0. The molecule has 36 heavy (non-hydrogen) atoms. The molecule has 0 saturated heterocycles. The molecule has 3 N–H and O–H groups in total. The van der Waals surface area contributed by atoms with E-state index >= 15 is 0 Å². The van der Waals surface area contributed by atoms with Crippen LogP contribution in [0.2, 0.25) is 0 Å². The molecule has 1 aromatic heterocycles. The Balaban J connectivity index is 1.28. The van der Waals surface area contributed by atoms with Crippen molar-refractivity contribution in [1.82, 2.24) is 15.6 Å². The van der Waals surface area contributed by atoms with Crippen LogP contribution in [0.1, 0.15) is 51.2 Å². The van der Waals surface area contributed by atoms with E-state index < -0.39 is 0 Å². The summed E-state index contributed by atoms with van der Waals surface area (Å²) in [4.78, 5) is 30.4. The highest BCUT2D eigenvalue weighted by Gasteiger charge is 2.41. The Labute approximate surface area is 212 Å². The standard InChI is InChI=1S/C29H36N4O3/c1-28(2)14-23(15-29(3,18-28)19-30-20-34)33-27(35)31-12-11-22-16-32-26-13-24(9-10-25(22)26)36-17-21-7-5-4-6-8-21/h4-10,13,16,23,32H,11-12,14-15,17-19H2,1-3H3,(H2,31,33,35). The molecule has 0 bridgehead atoms. The van der Waals surface area contributed by atoms with Crippen LogP contribution < -0.4 is 15.4 Å². The molecule has 2 unspecified atom stereocenters. The molecule has 0 spiro atoms. The number of aromatic amines is 1. The van der Waals surface area contributed by atoms with Crippen LogP contribution >= 0.6 is 0 Å². The molecular weight excluding hydrogens is 452 g/mol. The fourth-order valence-corrected chi connectivity index (χ4v) is 5.83. The second kappa shape index (κ2) is 11.0. The second-order valence-electron chi connectivity index (χ2n) is 11.1. The SMILES string of the molecule is CC1(C)CC(NC(=O)NCCc2c[nH]c3cc(OCc4ccccc4)ccc23)CC(C)(CN=C=O)C1. The van der Waals surface area contributed by atoms with Crippen LogP contribution in [0.15, 0.2) is 59.7 Å². The van der Waals surface area contributed by atoms with Crippen molar-refractivity contribution in [2.75, 3.05) is 13.1 Å². The van der Waals surface area contributed by atoms with Crippen LogP contribution in [0.5, 0.6) is 5.75 Å². The van der Waals surface area contributed by atoms with Crippen LogP contribution in [-0.2, 0) is 17.8 Å². The summed E-state index contributed by atoms with van der Waals surface area (Å²) in [5.74, 6) is 0.818. The lowest BCUT2D eigenvalue weighted by atomic mass is 9.62. The highest BCUT2D eigenvalue weighted by atomic mass is 16.5. The van der Waals surface area contributed by atoms with Crippen LogP contribution in [0.25, 0.3) is 10.9 Å². The third-order valence-electron chi connectivity index (χ3n) is 6.97. The summed E-state index contributed by atoms with van der Waals surface area (Å²) >= 11 is 0. The lowest BCUT2D eigenvalue weighted by Crippen LogP contribution is -2.50. The van der Waals surface area contributed by atoms with E-state index in [4.69, 9.17) is 4.74 Å². The number of fused-ring (bicyclic) bond motifs is 1. The number of hydrogen-bond acceptors (Lipinski definition) is 4. The average Bonchev–Trinajstić information content (AvgIpc) is 3.23. The maximum atomic E-state index is 12.6. The Kier molecular flexibility index (Phi) is 7.80. The molecule has 1 heterocycles. The highest BCUT2D eigenvalue weighted by Crippen LogP contribution is 2.46. The Morgan fingerprint density at radius 2 is 1.97 bits per heavy atom. The number of benzene rings is 2. The molecule has 1 saturated carbocycles. The quantitative estimate of drug-likeness (QED) is 0.274. The summed E-state index contributed by atoms with van der Waals surface area (Å²) in [7, 11) is 0. The molecule has 0 aliphatic heterocycles. The fourth-order valence-electron chi connectivity index (χ4n) is 5.83. The average molecular weight is 489 g/mol. The third kappa shape index (κ3) is 6.76. The highest BCUT2D eigenvalue weighted by molar-refractivity contribution is 5.84. The summed E-state index contributed by atoms with van der Waals surface area (Å²) in [5, 5.41) is 7.28. The van der Waals surface area contributed by atoms with Crippen molar-refractivity contribution in [2.45, 2.75) is 59.1 Å². The number of aliphatic imine (C=N–C) groups is 1. The van der Waals surface area contributed by atoms with Gasteiger partial charge in [0.05, 0.1) is 6.54 Å². The number of carbonyl (C=O) groups excluding carboxylic acids is 2. The van der Waals surface area contributed by atoms with Gasteiger partial charge >= 0.3 is 6.03 Å². The maximum absolute atomic E-state index is 12.6. The van der Waals surface area contributed by atoms with E-state index in [9.17, 15) is 9.59 Å². The molecular formula is C29H36N4O3. The van der Waals surface area contributed by atoms with Gasteiger partial charge in [0, 0.05) is 35.8 Å². The zero-order chi connectivity index (χ0) is 25.6. The predicted octanol–water partition coefficient (Wildman–Crippen LogP) is 5.51. The van der Waals surface area contributed by atoms with E-state index in [0.29, 0.717) is 19.7 Å². The summed E-state index contributed by atoms with van der Waals surface area (Å²) in [6.45, 7) is 8.05. The maximum Gasteiger partial charge on any atom is 0.315 e. The molecule has 1 aliphatic rings. The molecule has 7 nitrogen and oxygen atoms in total. The number of H-pyrrole nitrogens is 1. The Morgan fingerprint density at radius 1 is 1.17 bits per heavy atom. The molecule has 0 radical (unpaired) electrons. The van der Waals surface area contributed by atoms with Gasteiger partial charge in [-0.15, -0.1) is 0 Å². The van der Waals surface area contributed by atoms with E-state index in [1.807, 2.05) is 48.7 Å². The number of nitrogens with zero attached hydrogens (tertiary/aromatic N) is 1. The van der Waals surface area contributed by atoms with Crippen molar-refractivity contribution in [3.05, 3.63) is 65.9 Å². The third-order valence-corrected chi connectivity index (χ3v) is 6.97. The van der Waals surface area contributed by atoms with Gasteiger partial charge in [0.15, 0.2) is 0 Å². The van der Waals surface area contributed by atoms with Gasteiger partial charge < -0.3 is 20.4 Å². The molecule has 190 valence electrons. The Morgan fingerprint density at radius 3 is 2.75 bits per heavy atom. The van der Waals surface area contributed by atoms with Crippen molar-refractivity contribution in [1.29, 1.82) is 0 Å². The van der Waals surface area contributed by atoms with Crippen molar-refractivity contribution >= 4 is 23.0 Å². The zero-order valence-electron chi connectivity index (χ0n) is 21.4. The molecule has 4 rings (SSSR count). The number of isocyanates is 1. The molecule has 2 amide bonds. The summed E-state index contributed by atoms with van der Waals surface area (Å²) in [5.41, 5.74) is 3.24. The largest absolute Gasteiger partial charge is 0.489 e. The minimum Gasteiger partial charge on any atom is -0.489 e. The topological polar surface area (TPSA) is 95.6 Å². The van der Waals surface area contributed by atoms with E-state index in [0.717, 1.165) is 53.5 Å². The number of aromatic nitrogens is 1. The zero-order valence-corrected chi connectivity index (χ0v) is 21.4. The van der Waals surface area contributed by atoms with Crippen LogP contribution in [0, 0.1) is 10.8 Å². The smallest absolute Gasteiger partial charge is 0.315 e. The van der Waals surface area contributed by atoms with Gasteiger partial charge in [-0.25, -0.2) is 14.6 Å². The molecule has 1 fully saturated rings. The van der Waals surface area contributed by atoms with Gasteiger partial charge in [-0.05, 0) is 59.8 Å². The molecule has 3 aromatic rings. The van der Waals surface area contributed by atoms with E-state index in [-0.39, 0.29) is 22.9 Å². The van der Waals surface area contributed by atoms with Gasteiger partial charge in [-0.2, -0.15) is 0 Å². The monoisotopic (exact) mass is 488 g/mol. The van der Waals surface area contributed by atoms with E-state index in [2.05, 4.69) is 47.4 Å². The van der Waals surface area contributed by atoms with Crippen LogP contribution in [0.3, 0.4) is 0 Å². The number of ether oxygens (including phenoxy) is 1. The van der Waals surface area contributed by atoms with E-state index in [1.54, 1.807) is 6.08 Å². The van der Waals surface area contributed by atoms with Crippen LogP contribution in [0.4, 0.5) is 4.79 Å². The van der Waals surface area contributed by atoms with Gasteiger partial charge in [0.25, 0.3) is 0 Å². The van der Waals surface area contributed by atoms with Gasteiger partial charge in [-0.1, -0.05) is 51.1 Å². The normalized spacial score (nSPS) is 20.9. The van der Waals surface area contributed by atoms with Crippen molar-refractivity contribution < 1.29 is 14.3 Å². The summed E-state index contributed by atoms with van der Waals surface area (Å²) < 4.78 is 5.93. The molecule has 7 heteroatoms. The van der Waals surface area contributed by atoms with Crippen molar-refractivity contribution in [2.24, 2.45) is 15.8 Å². The minimum atomic E-state index is -0.157. The molecule has 2 aromatic carbocycles. The number of carbonyl (C=O) groups is 1. The lowest BCUT2D eigenvalue weighted by Gasteiger charge is -2.46. The first-order chi connectivity index (χ1) is 17.3. The predicted molar refractivity (Wildman–Crippen MR) is 142 cm³/mol. The van der Waals surface area contributed by atoms with Crippen molar-refractivity contribution in [3.8, 4) is 5.75 Å². The molecule has 2 atom stereocenters. The summed E-state index contributed by atoms with van der Waals surface area (Å²) in [6.07, 6.45) is 7.04. The first-order valence-corrected chi connectivity index (χ1v) is 12.6. The van der Waals surface area contributed by atoms with Crippen LogP contribution in [-0.4, -0.2) is 36.2 Å². The number of hydrogen-bond donors (Lipinski definition) is 3. The first kappa shape index (κ1) is 25.5. The molecule has 1 aliphatic carbocycles. The van der Waals surface area contributed by atoms with Gasteiger partial charge in [-0.3, -0.25) is 0 Å². The van der Waals surface area contributed by atoms with E-state index in [1.165, 1.54) is 0 Å². The first-order valence-electron chi connectivity index (χ1n) is 12.6. The number of amides is 2. The van der Waals surface area contributed by atoms with Crippen molar-refractivity contribution in [3.63, 3.8) is 0 Å². The van der Waals surface area contributed by atoms with Gasteiger partial charge in [0.2, 0.25) is 6.08 Å². The Hall–Kier alpha value is -3.57. The second-order valence-corrected chi connectivity index (χ2v) is 11.1.